The topological polar surface area (TPSA) is 122 Å². The third-order valence-corrected chi connectivity index (χ3v) is 10.6. The molecule has 10 nitrogen and oxygen atoms in total. The van der Waals surface area contributed by atoms with Gasteiger partial charge in [-0.2, -0.15) is 23.0 Å². The molecule has 17 heteroatoms. The summed E-state index contributed by atoms with van der Waals surface area (Å²) in [5, 5.41) is 3.86. The number of nitrogens with one attached hydrogen (secondary N) is 2. The van der Waals surface area contributed by atoms with Gasteiger partial charge in [0.05, 0.1) is 55.9 Å². The first-order chi connectivity index (χ1) is 21.2. The molecule has 1 saturated carbocycles. The number of carbonyl (C=O) groups excluding carboxylic acids is 1. The highest BCUT2D eigenvalue weighted by Crippen LogP contribution is 2.44. The number of nitrogens with zero attached hydrogens (tertiary/aromatic N) is 4. The lowest BCUT2D eigenvalue weighted by Crippen LogP contribution is -2.60. The summed E-state index contributed by atoms with van der Waals surface area (Å²) in [5.74, 6) is -8.00. The molecule has 3 fully saturated rings. The summed E-state index contributed by atoms with van der Waals surface area (Å²) < 4.78 is 119. The SMILES string of the molecule is CCn1nccc1S(=O)(=O)NC(c1nc2c(F)c(C3COCC3C(=O)N3CC(F)(F)C3)ccc2[nH]1)C1CCC(C(F)(F)F)CC1. The van der Waals surface area contributed by atoms with Crippen molar-refractivity contribution < 1.29 is 44.3 Å². The number of aromatic nitrogens is 4. The predicted molar refractivity (Wildman–Crippen MR) is 147 cm³/mol. The van der Waals surface area contributed by atoms with Crippen LogP contribution in [0.25, 0.3) is 11.0 Å². The van der Waals surface area contributed by atoms with Crippen molar-refractivity contribution in [3.05, 3.63) is 41.6 Å². The number of carbonyl (C=O) groups is 1. The molecule has 0 spiro atoms. The van der Waals surface area contributed by atoms with E-state index in [9.17, 15) is 35.2 Å². The monoisotopic (exact) mass is 662 g/mol. The molecule has 3 unspecified atom stereocenters. The summed E-state index contributed by atoms with van der Waals surface area (Å²) in [6.07, 6.45) is -3.35. The van der Waals surface area contributed by atoms with E-state index in [0.717, 1.165) is 4.90 Å². The highest BCUT2D eigenvalue weighted by Gasteiger charge is 2.50. The number of ether oxygens (including phenoxy) is 1. The van der Waals surface area contributed by atoms with Gasteiger partial charge in [-0.15, -0.1) is 0 Å². The molecule has 3 atom stereocenters. The second kappa shape index (κ2) is 11.6. The Balaban J connectivity index is 1.32. The summed E-state index contributed by atoms with van der Waals surface area (Å²) in [6.45, 7) is 0.455. The number of hydrogen-bond donors (Lipinski definition) is 2. The molecular formula is C28H32F6N6O4S. The van der Waals surface area contributed by atoms with Gasteiger partial charge in [-0.1, -0.05) is 6.07 Å². The molecule has 246 valence electrons. The van der Waals surface area contributed by atoms with E-state index in [2.05, 4.69) is 19.8 Å². The maximum Gasteiger partial charge on any atom is 0.391 e. The number of fused-ring (bicyclic) bond motifs is 1. The van der Waals surface area contributed by atoms with E-state index < -0.39 is 76.6 Å². The first kappa shape index (κ1) is 31.8. The highest BCUT2D eigenvalue weighted by molar-refractivity contribution is 7.89. The highest BCUT2D eigenvalue weighted by atomic mass is 32.2. The molecule has 1 amide bonds. The maximum absolute atomic E-state index is 16.1. The van der Waals surface area contributed by atoms with Gasteiger partial charge in [0.2, 0.25) is 5.91 Å². The second-order valence-electron chi connectivity index (χ2n) is 12.0. The zero-order chi connectivity index (χ0) is 32.3. The Kier molecular flexibility index (Phi) is 8.17. The number of halogens is 6. The number of rotatable bonds is 8. The molecule has 2 saturated heterocycles. The van der Waals surface area contributed by atoms with Crippen LogP contribution < -0.4 is 4.72 Å². The largest absolute Gasteiger partial charge is 0.391 e. The summed E-state index contributed by atoms with van der Waals surface area (Å²) in [7, 11) is -4.24. The van der Waals surface area contributed by atoms with Crippen LogP contribution in [0.15, 0.2) is 29.4 Å². The van der Waals surface area contributed by atoms with E-state index >= 15 is 4.39 Å². The Hall–Kier alpha value is -3.18. The van der Waals surface area contributed by atoms with E-state index in [4.69, 9.17) is 4.74 Å². The van der Waals surface area contributed by atoms with Crippen molar-refractivity contribution in [1.29, 1.82) is 0 Å². The summed E-state index contributed by atoms with van der Waals surface area (Å²) in [4.78, 5) is 21.3. The normalized spacial score (nSPS) is 26.2. The van der Waals surface area contributed by atoms with Crippen LogP contribution in [0.1, 0.15) is 56.0 Å². The van der Waals surface area contributed by atoms with Crippen LogP contribution in [0.2, 0.25) is 0 Å². The van der Waals surface area contributed by atoms with Gasteiger partial charge in [0.25, 0.3) is 15.9 Å². The molecule has 1 aliphatic carbocycles. The summed E-state index contributed by atoms with van der Waals surface area (Å²) in [6, 6.07) is 3.14. The third-order valence-electron chi connectivity index (χ3n) is 9.13. The van der Waals surface area contributed by atoms with Crippen molar-refractivity contribution in [2.45, 2.75) is 68.2 Å². The number of aryl methyl sites for hydroxylation is 1. The number of likely N-dealkylation sites (tertiary alicyclic amines) is 1. The van der Waals surface area contributed by atoms with E-state index in [-0.39, 0.29) is 72.9 Å². The van der Waals surface area contributed by atoms with E-state index in [1.807, 2.05) is 0 Å². The molecule has 3 aromatic rings. The van der Waals surface area contributed by atoms with Crippen LogP contribution in [0.4, 0.5) is 26.3 Å². The van der Waals surface area contributed by atoms with Gasteiger partial charge in [-0.05, 0) is 56.2 Å². The van der Waals surface area contributed by atoms with Crippen molar-refractivity contribution in [3.8, 4) is 0 Å². The van der Waals surface area contributed by atoms with Crippen LogP contribution in [0.3, 0.4) is 0 Å². The Bertz CT molecular complexity index is 1680. The van der Waals surface area contributed by atoms with Crippen molar-refractivity contribution >= 4 is 27.0 Å². The smallest absolute Gasteiger partial charge is 0.380 e. The quantitative estimate of drug-likeness (QED) is 0.343. The molecule has 2 aliphatic heterocycles. The third kappa shape index (κ3) is 6.05. The van der Waals surface area contributed by atoms with Gasteiger partial charge >= 0.3 is 6.18 Å². The van der Waals surface area contributed by atoms with Crippen LogP contribution in [0, 0.1) is 23.6 Å². The lowest BCUT2D eigenvalue weighted by Gasteiger charge is -2.40. The Morgan fingerprint density at radius 3 is 2.51 bits per heavy atom. The standard InChI is InChI=1S/C28H32F6N6O4S/c1-2-40-21(9-10-35-40)45(42,43)38-23(15-3-5-16(6-4-15)28(32,33)34)25-36-20-8-7-17(22(29)24(20)37-25)18-11-44-12-19(18)26(41)39-13-27(30,31)14-39/h7-10,15-16,18-19,23,38H,2-6,11-14H2,1H3,(H,36,37). The number of imidazole rings is 1. The molecule has 0 radical (unpaired) electrons. The number of H-pyrrole nitrogens is 1. The minimum Gasteiger partial charge on any atom is -0.380 e. The number of alkyl halides is 5. The molecule has 1 aromatic carbocycles. The van der Waals surface area contributed by atoms with E-state index in [0.29, 0.717) is 0 Å². The number of aromatic amines is 1. The zero-order valence-corrected chi connectivity index (χ0v) is 25.0. The Morgan fingerprint density at radius 1 is 1.16 bits per heavy atom. The fourth-order valence-electron chi connectivity index (χ4n) is 6.69. The summed E-state index contributed by atoms with van der Waals surface area (Å²) >= 11 is 0. The van der Waals surface area contributed by atoms with Gasteiger partial charge in [0.15, 0.2) is 10.8 Å². The predicted octanol–water partition coefficient (Wildman–Crippen LogP) is 4.51. The van der Waals surface area contributed by atoms with E-state index in [1.165, 1.54) is 29.1 Å². The minimum absolute atomic E-state index is 0.0175. The van der Waals surface area contributed by atoms with Crippen LogP contribution in [-0.4, -0.2) is 77.4 Å². The molecule has 0 bridgehead atoms. The van der Waals surface area contributed by atoms with Gasteiger partial charge in [0.1, 0.15) is 11.3 Å². The van der Waals surface area contributed by atoms with E-state index in [1.54, 1.807) is 6.92 Å². The Morgan fingerprint density at radius 2 is 1.87 bits per heavy atom. The fourth-order valence-corrected chi connectivity index (χ4v) is 8.14. The van der Waals surface area contributed by atoms with Crippen molar-refractivity contribution in [2.75, 3.05) is 26.3 Å². The number of sulfonamides is 1. The van der Waals surface area contributed by atoms with Crippen LogP contribution >= 0.6 is 0 Å². The number of amides is 1. The molecule has 2 aromatic heterocycles. The number of benzene rings is 1. The molecule has 6 rings (SSSR count). The lowest BCUT2D eigenvalue weighted by molar-refractivity contribution is -0.184. The van der Waals surface area contributed by atoms with Crippen molar-refractivity contribution in [2.24, 2.45) is 17.8 Å². The number of hydrogen-bond acceptors (Lipinski definition) is 6. The van der Waals surface area contributed by atoms with Crippen molar-refractivity contribution in [1.82, 2.24) is 29.4 Å². The first-order valence-corrected chi connectivity index (χ1v) is 16.2. The van der Waals surface area contributed by atoms with Crippen LogP contribution in [0.5, 0.6) is 0 Å². The second-order valence-corrected chi connectivity index (χ2v) is 13.7. The van der Waals surface area contributed by atoms with Crippen LogP contribution in [-0.2, 0) is 26.1 Å². The average molecular weight is 663 g/mol. The molecule has 3 aliphatic rings. The minimum atomic E-state index is -4.37. The van der Waals surface area contributed by atoms with Gasteiger partial charge < -0.3 is 14.6 Å². The molecule has 45 heavy (non-hydrogen) atoms. The summed E-state index contributed by atoms with van der Waals surface area (Å²) in [5.41, 5.74) is 0.156. The average Bonchev–Trinajstić information content (AvgIpc) is 3.74. The maximum atomic E-state index is 16.1. The lowest BCUT2D eigenvalue weighted by atomic mass is 9.78. The molecule has 4 heterocycles. The van der Waals surface area contributed by atoms with Gasteiger partial charge in [0, 0.05) is 12.5 Å². The van der Waals surface area contributed by atoms with Crippen molar-refractivity contribution in [3.63, 3.8) is 0 Å². The van der Waals surface area contributed by atoms with Gasteiger partial charge in [-0.25, -0.2) is 26.6 Å². The molecular weight excluding hydrogens is 630 g/mol. The zero-order valence-electron chi connectivity index (χ0n) is 24.2. The fraction of sp³-hybridized carbons (Fsp3) is 0.607. The first-order valence-electron chi connectivity index (χ1n) is 14.7. The Labute approximate surface area is 254 Å². The molecule has 2 N–H and O–H groups in total. The van der Waals surface area contributed by atoms with Gasteiger partial charge in [-0.3, -0.25) is 9.48 Å².